The molecule has 0 unspecified atom stereocenters. The minimum atomic E-state index is -0.397. The number of benzene rings is 2. The predicted octanol–water partition coefficient (Wildman–Crippen LogP) is 2.79. The zero-order valence-electron chi connectivity index (χ0n) is 14.8. The van der Waals surface area contributed by atoms with E-state index in [1.807, 2.05) is 12.1 Å². The summed E-state index contributed by atoms with van der Waals surface area (Å²) < 4.78 is 0. The molecule has 1 N–H and O–H groups in total. The van der Waals surface area contributed by atoms with Gasteiger partial charge in [0.1, 0.15) is 0 Å². The smallest absolute Gasteiger partial charge is 0.281 e. The molecule has 0 saturated carbocycles. The van der Waals surface area contributed by atoms with Crippen LogP contribution in [-0.4, -0.2) is 46.6 Å². The van der Waals surface area contributed by atoms with E-state index in [-0.39, 0.29) is 24.1 Å². The molecule has 2 aliphatic rings. The van der Waals surface area contributed by atoms with E-state index in [0.29, 0.717) is 40.7 Å². The van der Waals surface area contributed by atoms with Gasteiger partial charge < -0.3 is 10.1 Å². The van der Waals surface area contributed by atoms with Gasteiger partial charge in [0.05, 0.1) is 16.8 Å². The molecule has 8 heteroatoms. The van der Waals surface area contributed by atoms with Gasteiger partial charge in [-0.3, -0.25) is 19.3 Å². The van der Waals surface area contributed by atoms with Crippen LogP contribution >= 0.6 is 15.9 Å². The monoisotopic (exact) mass is 441 g/mol. The second-order valence-electron chi connectivity index (χ2n) is 6.55. The molecule has 7 nitrogen and oxygen atoms in total. The Labute approximate surface area is 169 Å². The first kappa shape index (κ1) is 18.4. The first-order chi connectivity index (χ1) is 13.6. The van der Waals surface area contributed by atoms with E-state index >= 15 is 0 Å². The first-order valence-electron chi connectivity index (χ1n) is 8.75. The molecular formula is C20H16BrN3O4. The molecule has 142 valence electrons. The van der Waals surface area contributed by atoms with Gasteiger partial charge in [0, 0.05) is 24.0 Å². The number of oxime groups is 1. The van der Waals surface area contributed by atoms with Crippen LogP contribution in [0, 0.1) is 0 Å². The molecule has 2 aliphatic heterocycles. The maximum atomic E-state index is 12.6. The summed E-state index contributed by atoms with van der Waals surface area (Å²) in [5, 5.41) is 13.0. The number of carbonyl (C=O) groups excluding carboxylic acids is 3. The van der Waals surface area contributed by atoms with E-state index in [4.69, 9.17) is 0 Å². The van der Waals surface area contributed by atoms with Crippen LogP contribution in [0.1, 0.15) is 38.3 Å². The average molecular weight is 442 g/mol. The molecule has 0 saturated heterocycles. The van der Waals surface area contributed by atoms with Crippen molar-refractivity contribution in [3.8, 4) is 0 Å². The SMILES string of the molecule is O=C1c2ccccc2C(=O)N1CCCN1C(=O)/C(=N/O)c2ccc(CBr)cc21. The van der Waals surface area contributed by atoms with Crippen molar-refractivity contribution in [1.29, 1.82) is 0 Å². The molecule has 2 heterocycles. The van der Waals surface area contributed by atoms with Crippen LogP contribution in [-0.2, 0) is 10.1 Å². The summed E-state index contributed by atoms with van der Waals surface area (Å²) in [5.74, 6) is -1.02. The molecule has 0 aromatic heterocycles. The van der Waals surface area contributed by atoms with Crippen molar-refractivity contribution in [3.63, 3.8) is 0 Å². The number of nitrogens with zero attached hydrogens (tertiary/aromatic N) is 3. The molecule has 0 spiro atoms. The largest absolute Gasteiger partial charge is 0.410 e. The third-order valence-corrected chi connectivity index (χ3v) is 5.60. The second kappa shape index (κ2) is 7.20. The summed E-state index contributed by atoms with van der Waals surface area (Å²) in [6.45, 7) is 0.499. The Bertz CT molecular complexity index is 999. The van der Waals surface area contributed by atoms with Gasteiger partial charge in [-0.2, -0.15) is 0 Å². The van der Waals surface area contributed by atoms with E-state index < -0.39 is 5.91 Å². The van der Waals surface area contributed by atoms with E-state index in [0.717, 1.165) is 5.56 Å². The topological polar surface area (TPSA) is 90.3 Å². The second-order valence-corrected chi connectivity index (χ2v) is 7.11. The Morgan fingerprint density at radius 1 is 0.857 bits per heavy atom. The molecule has 0 atom stereocenters. The van der Waals surface area contributed by atoms with Gasteiger partial charge in [0.2, 0.25) is 0 Å². The fourth-order valence-corrected chi connectivity index (χ4v) is 3.93. The van der Waals surface area contributed by atoms with Gasteiger partial charge in [0.25, 0.3) is 17.7 Å². The summed E-state index contributed by atoms with van der Waals surface area (Å²) in [5.41, 5.74) is 3.03. The van der Waals surface area contributed by atoms with Crippen LogP contribution in [0.3, 0.4) is 0 Å². The highest BCUT2D eigenvalue weighted by molar-refractivity contribution is 9.08. The molecule has 2 aromatic carbocycles. The van der Waals surface area contributed by atoms with Crippen molar-refractivity contribution < 1.29 is 19.6 Å². The number of halogens is 1. The lowest BCUT2D eigenvalue weighted by molar-refractivity contribution is -0.112. The van der Waals surface area contributed by atoms with Crippen molar-refractivity contribution in [3.05, 3.63) is 64.7 Å². The van der Waals surface area contributed by atoms with Crippen molar-refractivity contribution in [2.75, 3.05) is 18.0 Å². The standard InChI is InChI=1S/C20H16BrN3O4/c21-11-12-6-7-15-16(10-12)23(20(27)17(15)22-28)8-3-9-24-18(25)13-4-1-2-5-14(13)19(24)26/h1-2,4-7,10,28H,3,8-9,11H2/b22-17+. The molecule has 28 heavy (non-hydrogen) atoms. The molecule has 0 bridgehead atoms. The van der Waals surface area contributed by atoms with E-state index in [1.54, 1.807) is 30.3 Å². The maximum Gasteiger partial charge on any atom is 0.281 e. The van der Waals surface area contributed by atoms with Crippen LogP contribution < -0.4 is 4.90 Å². The lowest BCUT2D eigenvalue weighted by Crippen LogP contribution is -2.35. The van der Waals surface area contributed by atoms with Gasteiger partial charge in [-0.1, -0.05) is 45.4 Å². The Morgan fingerprint density at radius 2 is 1.50 bits per heavy atom. The minimum Gasteiger partial charge on any atom is -0.410 e. The Hall–Kier alpha value is -3.00. The van der Waals surface area contributed by atoms with E-state index in [2.05, 4.69) is 21.1 Å². The Morgan fingerprint density at radius 3 is 2.11 bits per heavy atom. The highest BCUT2D eigenvalue weighted by Gasteiger charge is 2.37. The first-order valence-corrected chi connectivity index (χ1v) is 9.87. The summed E-state index contributed by atoms with van der Waals surface area (Å²) in [4.78, 5) is 40.2. The van der Waals surface area contributed by atoms with Crippen molar-refractivity contribution in [2.45, 2.75) is 11.8 Å². The van der Waals surface area contributed by atoms with E-state index in [1.165, 1.54) is 9.80 Å². The third-order valence-electron chi connectivity index (χ3n) is 4.95. The molecule has 3 amide bonds. The van der Waals surface area contributed by atoms with Crippen molar-refractivity contribution in [2.24, 2.45) is 5.16 Å². The number of imide groups is 1. The highest BCUT2D eigenvalue weighted by Crippen LogP contribution is 2.31. The average Bonchev–Trinajstić information content (AvgIpc) is 3.13. The molecule has 0 fully saturated rings. The number of hydrogen-bond acceptors (Lipinski definition) is 5. The van der Waals surface area contributed by atoms with Gasteiger partial charge in [-0.25, -0.2) is 0 Å². The number of alkyl halides is 1. The van der Waals surface area contributed by atoms with Gasteiger partial charge in [0.15, 0.2) is 5.71 Å². The van der Waals surface area contributed by atoms with Gasteiger partial charge in [-0.05, 0) is 30.2 Å². The van der Waals surface area contributed by atoms with Crippen molar-refractivity contribution >= 4 is 45.1 Å². The Balaban J connectivity index is 1.50. The van der Waals surface area contributed by atoms with Crippen LogP contribution in [0.25, 0.3) is 0 Å². The number of fused-ring (bicyclic) bond motifs is 2. The van der Waals surface area contributed by atoms with E-state index in [9.17, 15) is 19.6 Å². The molecular weight excluding hydrogens is 426 g/mol. The molecule has 0 aliphatic carbocycles. The van der Waals surface area contributed by atoms with Crippen LogP contribution in [0.4, 0.5) is 5.69 Å². The lowest BCUT2D eigenvalue weighted by atomic mass is 10.1. The lowest BCUT2D eigenvalue weighted by Gasteiger charge is -2.19. The van der Waals surface area contributed by atoms with Crippen LogP contribution in [0.15, 0.2) is 47.6 Å². The summed E-state index contributed by atoms with van der Waals surface area (Å²) in [7, 11) is 0. The predicted molar refractivity (Wildman–Crippen MR) is 106 cm³/mol. The van der Waals surface area contributed by atoms with Crippen molar-refractivity contribution in [1.82, 2.24) is 4.90 Å². The molecule has 4 rings (SSSR count). The zero-order valence-corrected chi connectivity index (χ0v) is 16.3. The number of carbonyl (C=O) groups is 3. The molecule has 2 aromatic rings. The molecule has 0 radical (unpaired) electrons. The third kappa shape index (κ3) is 2.80. The fraction of sp³-hybridized carbons (Fsp3) is 0.200. The Kier molecular flexibility index (Phi) is 4.72. The normalized spacial score (nSPS) is 16.9. The summed E-state index contributed by atoms with van der Waals surface area (Å²) in [6, 6.07) is 12.2. The van der Waals surface area contributed by atoms with Crippen LogP contribution in [0.5, 0.6) is 0 Å². The fourth-order valence-electron chi connectivity index (χ4n) is 3.58. The zero-order chi connectivity index (χ0) is 19.8. The number of rotatable bonds is 5. The minimum absolute atomic E-state index is 0.00291. The maximum absolute atomic E-state index is 12.6. The number of anilines is 1. The summed E-state index contributed by atoms with van der Waals surface area (Å²) >= 11 is 3.39. The highest BCUT2D eigenvalue weighted by atomic mass is 79.9. The van der Waals surface area contributed by atoms with Gasteiger partial charge >= 0.3 is 0 Å². The quantitative estimate of drug-likeness (QED) is 0.334. The number of amides is 3. The van der Waals surface area contributed by atoms with Gasteiger partial charge in [-0.15, -0.1) is 0 Å². The van der Waals surface area contributed by atoms with Crippen LogP contribution in [0.2, 0.25) is 0 Å². The number of hydrogen-bond donors (Lipinski definition) is 1. The summed E-state index contributed by atoms with van der Waals surface area (Å²) in [6.07, 6.45) is 0.411.